The van der Waals surface area contributed by atoms with E-state index >= 15 is 0 Å². The summed E-state index contributed by atoms with van der Waals surface area (Å²) in [6.45, 7) is 4.68. The molecular formula is C14H17N3OS. The minimum atomic E-state index is 0.713. The zero-order valence-corrected chi connectivity index (χ0v) is 11.6. The molecule has 2 aromatic rings. The molecule has 4 heterocycles. The van der Waals surface area contributed by atoms with Gasteiger partial charge in [0.05, 0.1) is 11.6 Å². The smallest absolute Gasteiger partial charge is 0.139 e. The molecule has 0 saturated carbocycles. The molecule has 0 aromatic carbocycles. The Balaban J connectivity index is 1.49. The highest BCUT2D eigenvalue weighted by molar-refractivity contribution is 7.99. The number of rotatable bonds is 2. The molecule has 0 aliphatic carbocycles. The number of thioether (sulfide) groups is 1. The lowest BCUT2D eigenvalue weighted by Gasteiger charge is -2.47. The van der Waals surface area contributed by atoms with Crippen LogP contribution >= 0.6 is 11.8 Å². The first-order valence-electron chi connectivity index (χ1n) is 6.81. The van der Waals surface area contributed by atoms with E-state index < -0.39 is 0 Å². The fraction of sp³-hybridized carbons (Fsp3) is 0.500. The number of nitrogens with zero attached hydrogens (tertiary/aromatic N) is 3. The van der Waals surface area contributed by atoms with Crippen molar-refractivity contribution < 1.29 is 4.42 Å². The van der Waals surface area contributed by atoms with Crippen LogP contribution in [0.1, 0.15) is 0 Å². The summed E-state index contributed by atoms with van der Waals surface area (Å²) < 4.78 is 5.44. The number of aromatic nitrogens is 1. The van der Waals surface area contributed by atoms with Crippen LogP contribution in [-0.2, 0) is 0 Å². The Morgan fingerprint density at radius 1 is 1.21 bits per heavy atom. The van der Waals surface area contributed by atoms with Crippen molar-refractivity contribution in [1.82, 2.24) is 9.88 Å². The van der Waals surface area contributed by atoms with Crippen LogP contribution in [0.2, 0.25) is 0 Å². The van der Waals surface area contributed by atoms with Crippen LogP contribution in [0.3, 0.4) is 0 Å². The summed E-state index contributed by atoms with van der Waals surface area (Å²) in [5, 5.41) is 1.13. The molecule has 0 bridgehead atoms. The summed E-state index contributed by atoms with van der Waals surface area (Å²) >= 11 is 2.07. The number of hydrogen-bond donors (Lipinski definition) is 0. The number of furan rings is 1. The van der Waals surface area contributed by atoms with Crippen LogP contribution in [0, 0.1) is 0 Å². The molecule has 4 nitrogen and oxygen atoms in total. The second-order valence-corrected chi connectivity index (χ2v) is 6.40. The van der Waals surface area contributed by atoms with Crippen LogP contribution < -0.4 is 4.90 Å². The van der Waals surface area contributed by atoms with E-state index in [1.165, 1.54) is 24.6 Å². The fourth-order valence-corrected chi connectivity index (χ4v) is 3.87. The van der Waals surface area contributed by atoms with Gasteiger partial charge < -0.3 is 9.32 Å². The van der Waals surface area contributed by atoms with E-state index in [1.54, 1.807) is 6.26 Å². The Kier molecular flexibility index (Phi) is 2.89. The van der Waals surface area contributed by atoms with E-state index in [-0.39, 0.29) is 0 Å². The third kappa shape index (κ3) is 2.01. The molecule has 0 radical (unpaired) electrons. The predicted octanol–water partition coefficient (Wildman–Crippen LogP) is 2.07. The Morgan fingerprint density at radius 3 is 2.89 bits per heavy atom. The van der Waals surface area contributed by atoms with Gasteiger partial charge in [0, 0.05) is 49.9 Å². The predicted molar refractivity (Wildman–Crippen MR) is 78.9 cm³/mol. The van der Waals surface area contributed by atoms with Gasteiger partial charge in [0.2, 0.25) is 0 Å². The molecule has 5 heteroatoms. The van der Waals surface area contributed by atoms with E-state index in [4.69, 9.17) is 4.42 Å². The lowest BCUT2D eigenvalue weighted by molar-refractivity contribution is 0.182. The fourth-order valence-electron chi connectivity index (χ4n) is 2.93. The highest BCUT2D eigenvalue weighted by Crippen LogP contribution is 2.30. The van der Waals surface area contributed by atoms with Gasteiger partial charge in [0.15, 0.2) is 0 Å². The summed E-state index contributed by atoms with van der Waals surface area (Å²) in [6.07, 6.45) is 3.58. The highest BCUT2D eigenvalue weighted by Gasteiger charge is 2.33. The van der Waals surface area contributed by atoms with Crippen LogP contribution in [-0.4, -0.2) is 53.6 Å². The second-order valence-electron chi connectivity index (χ2n) is 5.17. The third-order valence-electron chi connectivity index (χ3n) is 4.08. The van der Waals surface area contributed by atoms with Crippen molar-refractivity contribution in [2.75, 3.05) is 42.6 Å². The molecule has 0 amide bonds. The first-order chi connectivity index (χ1) is 9.42. The third-order valence-corrected chi connectivity index (χ3v) is 5.03. The van der Waals surface area contributed by atoms with Crippen molar-refractivity contribution in [3.8, 4) is 0 Å². The van der Waals surface area contributed by atoms with E-state index in [1.807, 2.05) is 18.3 Å². The molecule has 2 aromatic heterocycles. The largest absolute Gasteiger partial charge is 0.464 e. The quantitative estimate of drug-likeness (QED) is 0.838. The number of fused-ring (bicyclic) bond motifs is 1. The molecule has 0 N–H and O–H groups in total. The van der Waals surface area contributed by atoms with E-state index in [0.717, 1.165) is 29.9 Å². The van der Waals surface area contributed by atoms with Crippen LogP contribution in [0.15, 0.2) is 29.0 Å². The molecule has 0 atom stereocenters. The van der Waals surface area contributed by atoms with Crippen molar-refractivity contribution >= 4 is 28.5 Å². The molecule has 2 fully saturated rings. The van der Waals surface area contributed by atoms with E-state index in [9.17, 15) is 0 Å². The van der Waals surface area contributed by atoms with Crippen LogP contribution in [0.4, 0.5) is 5.82 Å². The van der Waals surface area contributed by atoms with Gasteiger partial charge in [-0.25, -0.2) is 4.98 Å². The Morgan fingerprint density at radius 2 is 2.05 bits per heavy atom. The topological polar surface area (TPSA) is 32.5 Å². The monoisotopic (exact) mass is 275 g/mol. The maximum atomic E-state index is 5.44. The first kappa shape index (κ1) is 11.6. The van der Waals surface area contributed by atoms with E-state index in [0.29, 0.717) is 6.04 Å². The SMILES string of the molecule is c1cc2occc2c(N2CC(N3CCSCC3)C2)n1. The molecule has 2 aliphatic rings. The molecule has 100 valence electrons. The van der Waals surface area contributed by atoms with Crippen LogP contribution in [0.5, 0.6) is 0 Å². The van der Waals surface area contributed by atoms with Gasteiger partial charge in [-0.1, -0.05) is 0 Å². The zero-order chi connectivity index (χ0) is 12.7. The maximum absolute atomic E-state index is 5.44. The van der Waals surface area contributed by atoms with Crippen molar-refractivity contribution in [3.05, 3.63) is 24.6 Å². The Bertz CT molecular complexity index is 573. The van der Waals surface area contributed by atoms with Gasteiger partial charge in [-0.3, -0.25) is 4.90 Å². The van der Waals surface area contributed by atoms with E-state index in [2.05, 4.69) is 26.5 Å². The molecule has 2 saturated heterocycles. The van der Waals surface area contributed by atoms with Gasteiger partial charge >= 0.3 is 0 Å². The average Bonchev–Trinajstić information content (AvgIpc) is 2.87. The van der Waals surface area contributed by atoms with Crippen LogP contribution in [0.25, 0.3) is 11.0 Å². The summed E-state index contributed by atoms with van der Waals surface area (Å²) in [5.41, 5.74) is 0.933. The summed E-state index contributed by atoms with van der Waals surface area (Å²) in [7, 11) is 0. The summed E-state index contributed by atoms with van der Waals surface area (Å²) in [4.78, 5) is 9.52. The van der Waals surface area contributed by atoms with Crippen molar-refractivity contribution in [2.24, 2.45) is 0 Å². The Labute approximate surface area is 116 Å². The second kappa shape index (κ2) is 4.72. The van der Waals surface area contributed by atoms with Crippen molar-refractivity contribution in [1.29, 1.82) is 0 Å². The van der Waals surface area contributed by atoms with Gasteiger partial charge in [0.1, 0.15) is 11.4 Å². The standard InChI is InChI=1S/C14H17N3OS/c1-3-15-14(12-2-6-18-13(1)12)17-9-11(10-17)16-4-7-19-8-5-16/h1-3,6,11H,4-5,7-10H2. The Hall–Kier alpha value is -1.20. The lowest BCUT2D eigenvalue weighted by atomic mass is 10.1. The molecule has 0 unspecified atom stereocenters. The number of pyridine rings is 1. The molecule has 19 heavy (non-hydrogen) atoms. The minimum Gasteiger partial charge on any atom is -0.464 e. The lowest BCUT2D eigenvalue weighted by Crippen LogP contribution is -2.61. The molecule has 0 spiro atoms. The number of hydrogen-bond acceptors (Lipinski definition) is 5. The number of anilines is 1. The first-order valence-corrected chi connectivity index (χ1v) is 7.96. The van der Waals surface area contributed by atoms with Crippen molar-refractivity contribution in [3.63, 3.8) is 0 Å². The average molecular weight is 275 g/mol. The van der Waals surface area contributed by atoms with Gasteiger partial charge in [0.25, 0.3) is 0 Å². The molecule has 4 rings (SSSR count). The molecular weight excluding hydrogens is 258 g/mol. The van der Waals surface area contributed by atoms with Gasteiger partial charge in [-0.15, -0.1) is 0 Å². The zero-order valence-electron chi connectivity index (χ0n) is 10.8. The van der Waals surface area contributed by atoms with Crippen molar-refractivity contribution in [2.45, 2.75) is 6.04 Å². The summed E-state index contributed by atoms with van der Waals surface area (Å²) in [6, 6.07) is 4.66. The normalized spacial score (nSPS) is 21.8. The molecule has 2 aliphatic heterocycles. The highest BCUT2D eigenvalue weighted by atomic mass is 32.2. The minimum absolute atomic E-state index is 0.713. The summed E-state index contributed by atoms with van der Waals surface area (Å²) in [5.74, 6) is 3.65. The van der Waals surface area contributed by atoms with Gasteiger partial charge in [-0.2, -0.15) is 11.8 Å². The van der Waals surface area contributed by atoms with Gasteiger partial charge in [-0.05, 0) is 12.1 Å². The maximum Gasteiger partial charge on any atom is 0.139 e.